The van der Waals surface area contributed by atoms with Gasteiger partial charge in [-0.25, -0.2) is 4.39 Å². The molecule has 2 heterocycles. The summed E-state index contributed by atoms with van der Waals surface area (Å²) < 4.78 is 18.6. The number of rotatable bonds is 5. The van der Waals surface area contributed by atoms with E-state index in [4.69, 9.17) is 10.3 Å². The van der Waals surface area contributed by atoms with E-state index in [1.807, 2.05) is 30.3 Å². The molecule has 30 heavy (non-hydrogen) atoms. The number of hydrogen-bond acceptors (Lipinski definition) is 5. The van der Waals surface area contributed by atoms with E-state index in [9.17, 15) is 9.18 Å². The van der Waals surface area contributed by atoms with Gasteiger partial charge in [-0.2, -0.15) is 4.98 Å². The molecule has 2 aromatic carbocycles. The largest absolute Gasteiger partial charge is 0.341 e. The first-order valence-electron chi connectivity index (χ1n) is 9.78. The Morgan fingerprint density at radius 2 is 1.93 bits per heavy atom. The lowest BCUT2D eigenvalue weighted by atomic mass is 9.96. The SMILES string of the molecule is Cl.N[C@@H](Cc1ccccc1)C(=O)N1CCCC(c2nc(-c3ccc(F)cc3)no2)C1. The molecule has 3 aromatic rings. The lowest BCUT2D eigenvalue weighted by Crippen LogP contribution is -2.48. The van der Waals surface area contributed by atoms with Crippen molar-refractivity contribution in [3.63, 3.8) is 0 Å². The molecule has 1 saturated heterocycles. The highest BCUT2D eigenvalue weighted by molar-refractivity contribution is 5.85. The molecular weight excluding hydrogens is 407 g/mol. The monoisotopic (exact) mass is 430 g/mol. The first kappa shape index (κ1) is 21.9. The second-order valence-corrected chi connectivity index (χ2v) is 7.38. The van der Waals surface area contributed by atoms with Crippen molar-refractivity contribution < 1.29 is 13.7 Å². The predicted molar refractivity (Wildman–Crippen MR) is 114 cm³/mol. The molecule has 8 heteroatoms. The summed E-state index contributed by atoms with van der Waals surface area (Å²) in [6.07, 6.45) is 2.22. The van der Waals surface area contributed by atoms with Crippen LogP contribution in [0, 0.1) is 5.82 Å². The molecule has 0 bridgehead atoms. The number of carbonyl (C=O) groups excluding carboxylic acids is 1. The summed E-state index contributed by atoms with van der Waals surface area (Å²) in [4.78, 5) is 19.1. The Balaban J connectivity index is 0.00000256. The van der Waals surface area contributed by atoms with Gasteiger partial charge < -0.3 is 15.2 Å². The number of nitrogens with two attached hydrogens (primary N) is 1. The van der Waals surface area contributed by atoms with Crippen LogP contribution < -0.4 is 5.73 Å². The van der Waals surface area contributed by atoms with E-state index in [0.29, 0.717) is 36.8 Å². The summed E-state index contributed by atoms with van der Waals surface area (Å²) in [7, 11) is 0. The van der Waals surface area contributed by atoms with Crippen molar-refractivity contribution in [3.8, 4) is 11.4 Å². The van der Waals surface area contributed by atoms with Gasteiger partial charge in [0.05, 0.1) is 12.0 Å². The minimum absolute atomic E-state index is 0. The van der Waals surface area contributed by atoms with Gasteiger partial charge in [-0.15, -0.1) is 12.4 Å². The van der Waals surface area contributed by atoms with Gasteiger partial charge in [0.25, 0.3) is 0 Å². The minimum atomic E-state index is -0.575. The van der Waals surface area contributed by atoms with Crippen molar-refractivity contribution in [1.29, 1.82) is 0 Å². The van der Waals surface area contributed by atoms with Gasteiger partial charge >= 0.3 is 0 Å². The quantitative estimate of drug-likeness (QED) is 0.668. The fourth-order valence-electron chi connectivity index (χ4n) is 3.69. The van der Waals surface area contributed by atoms with Gasteiger partial charge in [0, 0.05) is 18.7 Å². The van der Waals surface area contributed by atoms with Crippen LogP contribution >= 0.6 is 12.4 Å². The topological polar surface area (TPSA) is 85.3 Å². The highest BCUT2D eigenvalue weighted by Crippen LogP contribution is 2.28. The Hall–Kier alpha value is -2.77. The van der Waals surface area contributed by atoms with Crippen LogP contribution in [0.3, 0.4) is 0 Å². The van der Waals surface area contributed by atoms with Crippen LogP contribution in [0.2, 0.25) is 0 Å². The van der Waals surface area contributed by atoms with Crippen molar-refractivity contribution in [2.45, 2.75) is 31.2 Å². The second kappa shape index (κ2) is 9.82. The number of piperidine rings is 1. The van der Waals surface area contributed by atoms with Crippen molar-refractivity contribution in [1.82, 2.24) is 15.0 Å². The van der Waals surface area contributed by atoms with E-state index in [-0.39, 0.29) is 30.0 Å². The highest BCUT2D eigenvalue weighted by Gasteiger charge is 2.30. The third-order valence-corrected chi connectivity index (χ3v) is 5.24. The lowest BCUT2D eigenvalue weighted by molar-refractivity contribution is -0.133. The molecule has 0 spiro atoms. The zero-order valence-corrected chi connectivity index (χ0v) is 17.2. The van der Waals surface area contributed by atoms with Crippen molar-refractivity contribution in [3.05, 3.63) is 71.9 Å². The number of aromatic nitrogens is 2. The number of nitrogens with zero attached hydrogens (tertiary/aromatic N) is 3. The summed E-state index contributed by atoms with van der Waals surface area (Å²) in [6.45, 7) is 1.18. The maximum atomic E-state index is 13.1. The van der Waals surface area contributed by atoms with E-state index in [2.05, 4.69) is 10.1 Å². The first-order chi connectivity index (χ1) is 14.1. The molecule has 2 N–H and O–H groups in total. The smallest absolute Gasteiger partial charge is 0.239 e. The van der Waals surface area contributed by atoms with E-state index in [1.165, 1.54) is 12.1 Å². The average Bonchev–Trinajstić information content (AvgIpc) is 3.25. The van der Waals surface area contributed by atoms with Gasteiger partial charge in [-0.05, 0) is 49.1 Å². The minimum Gasteiger partial charge on any atom is -0.341 e. The predicted octanol–water partition coefficient (Wildman–Crippen LogP) is 3.57. The van der Waals surface area contributed by atoms with Crippen molar-refractivity contribution in [2.24, 2.45) is 5.73 Å². The van der Waals surface area contributed by atoms with Crippen LogP contribution in [-0.2, 0) is 11.2 Å². The maximum Gasteiger partial charge on any atom is 0.239 e. The zero-order valence-electron chi connectivity index (χ0n) is 16.4. The molecule has 0 saturated carbocycles. The lowest BCUT2D eigenvalue weighted by Gasteiger charge is -2.32. The van der Waals surface area contributed by atoms with E-state index in [1.54, 1.807) is 17.0 Å². The fourth-order valence-corrected chi connectivity index (χ4v) is 3.69. The van der Waals surface area contributed by atoms with Gasteiger partial charge in [0.2, 0.25) is 17.6 Å². The summed E-state index contributed by atoms with van der Waals surface area (Å²) in [5.41, 5.74) is 7.92. The Morgan fingerprint density at radius 3 is 2.67 bits per heavy atom. The zero-order chi connectivity index (χ0) is 20.2. The van der Waals surface area contributed by atoms with Crippen LogP contribution in [0.1, 0.15) is 30.2 Å². The molecule has 0 radical (unpaired) electrons. The van der Waals surface area contributed by atoms with Crippen LogP contribution in [0.25, 0.3) is 11.4 Å². The summed E-state index contributed by atoms with van der Waals surface area (Å²) in [6, 6.07) is 15.1. The number of likely N-dealkylation sites (tertiary alicyclic amines) is 1. The van der Waals surface area contributed by atoms with Crippen LogP contribution in [-0.4, -0.2) is 40.1 Å². The molecule has 1 aliphatic heterocycles. The molecule has 1 unspecified atom stereocenters. The molecule has 6 nitrogen and oxygen atoms in total. The molecule has 2 atom stereocenters. The van der Waals surface area contributed by atoms with E-state index in [0.717, 1.165) is 18.4 Å². The molecule has 1 amide bonds. The van der Waals surface area contributed by atoms with Gasteiger partial charge in [0.15, 0.2) is 0 Å². The average molecular weight is 431 g/mol. The second-order valence-electron chi connectivity index (χ2n) is 7.38. The fraction of sp³-hybridized carbons (Fsp3) is 0.318. The summed E-state index contributed by atoms with van der Waals surface area (Å²) >= 11 is 0. The number of amides is 1. The van der Waals surface area contributed by atoms with Crippen LogP contribution in [0.4, 0.5) is 4.39 Å². The number of carbonyl (C=O) groups is 1. The molecular formula is C22H24ClFN4O2. The van der Waals surface area contributed by atoms with Crippen molar-refractivity contribution >= 4 is 18.3 Å². The number of halogens is 2. The first-order valence-corrected chi connectivity index (χ1v) is 9.78. The third kappa shape index (κ3) is 5.04. The Labute approximate surface area is 180 Å². The Morgan fingerprint density at radius 1 is 1.20 bits per heavy atom. The molecule has 0 aliphatic carbocycles. The molecule has 1 fully saturated rings. The summed E-state index contributed by atoms with van der Waals surface area (Å²) in [5, 5.41) is 4.02. The van der Waals surface area contributed by atoms with Crippen molar-refractivity contribution in [2.75, 3.05) is 13.1 Å². The molecule has 4 rings (SSSR count). The third-order valence-electron chi connectivity index (χ3n) is 5.24. The van der Waals surface area contributed by atoms with E-state index < -0.39 is 6.04 Å². The summed E-state index contributed by atoms with van der Waals surface area (Å²) in [5.74, 6) is 0.517. The van der Waals surface area contributed by atoms with Gasteiger partial charge in [-0.1, -0.05) is 35.5 Å². The Bertz CT molecular complexity index is 965. The molecule has 1 aromatic heterocycles. The number of benzene rings is 2. The van der Waals surface area contributed by atoms with Gasteiger partial charge in [-0.3, -0.25) is 4.79 Å². The highest BCUT2D eigenvalue weighted by atomic mass is 35.5. The van der Waals surface area contributed by atoms with Crippen LogP contribution in [0.5, 0.6) is 0 Å². The maximum absolute atomic E-state index is 13.1. The number of hydrogen-bond donors (Lipinski definition) is 1. The normalized spacial score (nSPS) is 17.3. The molecule has 158 valence electrons. The Kier molecular flexibility index (Phi) is 7.18. The molecule has 1 aliphatic rings. The van der Waals surface area contributed by atoms with Gasteiger partial charge in [0.1, 0.15) is 5.82 Å². The van der Waals surface area contributed by atoms with E-state index >= 15 is 0 Å². The standard InChI is InChI=1S/C22H23FN4O2.ClH/c23-18-10-8-16(9-11-18)20-25-21(29-26-20)17-7-4-12-27(14-17)22(28)19(24)13-15-5-2-1-3-6-15;/h1-3,5-6,8-11,17,19H,4,7,12-14,24H2;1H/t17?,19-;/m0./s1. The van der Waals surface area contributed by atoms with Crippen LogP contribution in [0.15, 0.2) is 59.1 Å².